The topological polar surface area (TPSA) is 49.8 Å². The van der Waals surface area contributed by atoms with Gasteiger partial charge in [0.2, 0.25) is 0 Å². The zero-order valence-electron chi connectivity index (χ0n) is 7.76. The Morgan fingerprint density at radius 2 is 2.29 bits per heavy atom. The predicted molar refractivity (Wildman–Crippen MR) is 56.0 cm³/mol. The van der Waals surface area contributed by atoms with E-state index in [4.69, 9.17) is 22.6 Å². The van der Waals surface area contributed by atoms with Gasteiger partial charge in [0.05, 0.1) is 10.6 Å². The summed E-state index contributed by atoms with van der Waals surface area (Å²) < 4.78 is 0. The molecule has 2 N–H and O–H groups in total. The molecule has 0 aromatic heterocycles. The van der Waals surface area contributed by atoms with Gasteiger partial charge in [0.15, 0.2) is 0 Å². The third kappa shape index (κ3) is 1.50. The molecular formula is C11H11ClN2. The van der Waals surface area contributed by atoms with Gasteiger partial charge in [-0.15, -0.1) is 0 Å². The van der Waals surface area contributed by atoms with Crippen LogP contribution in [0, 0.1) is 11.3 Å². The van der Waals surface area contributed by atoms with Crippen LogP contribution >= 0.6 is 11.6 Å². The molecule has 0 heterocycles. The lowest BCUT2D eigenvalue weighted by Crippen LogP contribution is -2.17. The van der Waals surface area contributed by atoms with E-state index in [2.05, 4.69) is 6.07 Å². The van der Waals surface area contributed by atoms with E-state index in [-0.39, 0.29) is 6.04 Å². The molecule has 0 fully saturated rings. The third-order valence-corrected chi connectivity index (χ3v) is 3.02. The fourth-order valence-electron chi connectivity index (χ4n) is 1.95. The van der Waals surface area contributed by atoms with Crippen LogP contribution < -0.4 is 5.73 Å². The summed E-state index contributed by atoms with van der Waals surface area (Å²) in [5.74, 6) is 0. The molecule has 0 aliphatic heterocycles. The molecule has 0 spiro atoms. The maximum atomic E-state index is 8.82. The Hall–Kier alpha value is -1.04. The minimum atomic E-state index is 0.0870. The first-order chi connectivity index (χ1) is 6.72. The number of hydrogen-bond acceptors (Lipinski definition) is 2. The van der Waals surface area contributed by atoms with Crippen LogP contribution in [0.25, 0.3) is 0 Å². The summed E-state index contributed by atoms with van der Waals surface area (Å²) in [7, 11) is 0. The maximum absolute atomic E-state index is 8.82. The van der Waals surface area contributed by atoms with Crippen LogP contribution in [0.15, 0.2) is 12.1 Å². The van der Waals surface area contributed by atoms with Crippen LogP contribution in [0.1, 0.15) is 35.6 Å². The first-order valence-corrected chi connectivity index (χ1v) is 5.08. The highest BCUT2D eigenvalue weighted by Gasteiger charge is 2.18. The van der Waals surface area contributed by atoms with Gasteiger partial charge in [0, 0.05) is 6.04 Å². The van der Waals surface area contributed by atoms with E-state index in [0.717, 1.165) is 24.8 Å². The number of hydrogen-bond donors (Lipinski definition) is 1. The van der Waals surface area contributed by atoms with E-state index in [1.807, 2.05) is 12.1 Å². The summed E-state index contributed by atoms with van der Waals surface area (Å²) in [5, 5.41) is 9.34. The molecule has 0 radical (unpaired) electrons. The summed E-state index contributed by atoms with van der Waals surface area (Å²) in [5.41, 5.74) is 8.82. The Morgan fingerprint density at radius 1 is 1.50 bits per heavy atom. The van der Waals surface area contributed by atoms with Gasteiger partial charge in [-0.1, -0.05) is 11.6 Å². The van der Waals surface area contributed by atoms with Gasteiger partial charge < -0.3 is 5.73 Å². The van der Waals surface area contributed by atoms with Crippen LogP contribution in [0.4, 0.5) is 0 Å². The van der Waals surface area contributed by atoms with Crippen molar-refractivity contribution in [3.05, 3.63) is 33.8 Å². The van der Waals surface area contributed by atoms with Gasteiger partial charge in [0.25, 0.3) is 0 Å². The molecule has 2 rings (SSSR count). The van der Waals surface area contributed by atoms with Gasteiger partial charge >= 0.3 is 0 Å². The second-order valence-corrected chi connectivity index (χ2v) is 4.05. The van der Waals surface area contributed by atoms with Crippen LogP contribution in [0.3, 0.4) is 0 Å². The van der Waals surface area contributed by atoms with Crippen LogP contribution in [0.5, 0.6) is 0 Å². The van der Waals surface area contributed by atoms with Crippen molar-refractivity contribution in [2.75, 3.05) is 0 Å². The van der Waals surface area contributed by atoms with E-state index in [0.29, 0.717) is 10.6 Å². The molecule has 1 atom stereocenters. The molecule has 3 heteroatoms. The first-order valence-electron chi connectivity index (χ1n) is 4.70. The van der Waals surface area contributed by atoms with Crippen molar-refractivity contribution in [1.82, 2.24) is 0 Å². The van der Waals surface area contributed by atoms with Crippen molar-refractivity contribution in [3.8, 4) is 6.07 Å². The van der Waals surface area contributed by atoms with Crippen LogP contribution in [-0.4, -0.2) is 0 Å². The Bertz CT molecular complexity index is 406. The van der Waals surface area contributed by atoms with Crippen molar-refractivity contribution < 1.29 is 0 Å². The molecule has 14 heavy (non-hydrogen) atoms. The quantitative estimate of drug-likeness (QED) is 0.709. The molecule has 1 aliphatic rings. The molecule has 1 aromatic carbocycles. The Balaban J connectivity index is 2.55. The lowest BCUT2D eigenvalue weighted by atomic mass is 9.87. The number of benzene rings is 1. The molecule has 1 aliphatic carbocycles. The van der Waals surface area contributed by atoms with Gasteiger partial charge in [-0.3, -0.25) is 0 Å². The third-order valence-electron chi connectivity index (χ3n) is 2.71. The van der Waals surface area contributed by atoms with Crippen molar-refractivity contribution in [3.63, 3.8) is 0 Å². The van der Waals surface area contributed by atoms with Crippen molar-refractivity contribution >= 4 is 11.6 Å². The molecule has 0 amide bonds. The normalized spacial score (nSPS) is 19.9. The zero-order chi connectivity index (χ0) is 10.1. The van der Waals surface area contributed by atoms with Crippen LogP contribution in [0.2, 0.25) is 5.02 Å². The summed E-state index contributed by atoms with van der Waals surface area (Å²) in [4.78, 5) is 0. The molecular weight excluding hydrogens is 196 g/mol. The molecule has 1 unspecified atom stereocenters. The van der Waals surface area contributed by atoms with E-state index < -0.39 is 0 Å². The predicted octanol–water partition coefficient (Wildman–Crippen LogP) is 2.55. The van der Waals surface area contributed by atoms with E-state index in [9.17, 15) is 0 Å². The smallest absolute Gasteiger partial charge is 0.101 e. The molecule has 0 saturated carbocycles. The molecule has 1 aromatic rings. The molecule has 72 valence electrons. The number of nitrogens with two attached hydrogens (primary N) is 1. The standard InChI is InChI=1S/C11H11ClN2/c12-10-5-9-7(4-8(10)6-13)2-1-3-11(9)14/h4-5,11H,1-3,14H2. The van der Waals surface area contributed by atoms with Gasteiger partial charge in [-0.2, -0.15) is 5.26 Å². The highest BCUT2D eigenvalue weighted by Crippen LogP contribution is 2.31. The average molecular weight is 207 g/mol. The number of fused-ring (bicyclic) bond motifs is 1. The second-order valence-electron chi connectivity index (χ2n) is 3.64. The first kappa shape index (κ1) is 9.51. The lowest BCUT2D eigenvalue weighted by Gasteiger charge is -2.22. The Kier molecular flexibility index (Phi) is 2.45. The van der Waals surface area contributed by atoms with E-state index in [1.54, 1.807) is 0 Å². The number of halogens is 1. The summed E-state index contributed by atoms with van der Waals surface area (Å²) in [6.07, 6.45) is 3.12. The zero-order valence-corrected chi connectivity index (χ0v) is 8.51. The monoisotopic (exact) mass is 206 g/mol. The van der Waals surface area contributed by atoms with E-state index in [1.165, 1.54) is 5.56 Å². The number of nitrogens with zero attached hydrogens (tertiary/aromatic N) is 1. The highest BCUT2D eigenvalue weighted by molar-refractivity contribution is 6.31. The van der Waals surface area contributed by atoms with E-state index >= 15 is 0 Å². The van der Waals surface area contributed by atoms with Gasteiger partial charge in [0.1, 0.15) is 6.07 Å². The maximum Gasteiger partial charge on any atom is 0.101 e. The van der Waals surface area contributed by atoms with Crippen molar-refractivity contribution in [1.29, 1.82) is 5.26 Å². The largest absolute Gasteiger partial charge is 0.324 e. The summed E-state index contributed by atoms with van der Waals surface area (Å²) >= 11 is 5.95. The number of aryl methyl sites for hydroxylation is 1. The Labute approximate surface area is 88.3 Å². The second kappa shape index (κ2) is 3.61. The lowest BCUT2D eigenvalue weighted by molar-refractivity contribution is 0.570. The molecule has 0 saturated heterocycles. The highest BCUT2D eigenvalue weighted by atomic mass is 35.5. The fourth-order valence-corrected chi connectivity index (χ4v) is 2.16. The van der Waals surface area contributed by atoms with Gasteiger partial charge in [-0.05, 0) is 42.5 Å². The van der Waals surface area contributed by atoms with Crippen molar-refractivity contribution in [2.45, 2.75) is 25.3 Å². The summed E-state index contributed by atoms with van der Waals surface area (Å²) in [6.45, 7) is 0. The van der Waals surface area contributed by atoms with Crippen molar-refractivity contribution in [2.24, 2.45) is 5.73 Å². The minimum Gasteiger partial charge on any atom is -0.324 e. The SMILES string of the molecule is N#Cc1cc2c(cc1Cl)C(N)CCC2. The number of nitriles is 1. The average Bonchev–Trinajstić information content (AvgIpc) is 2.19. The summed E-state index contributed by atoms with van der Waals surface area (Å²) in [6, 6.07) is 5.89. The van der Waals surface area contributed by atoms with Gasteiger partial charge in [-0.25, -0.2) is 0 Å². The fraction of sp³-hybridized carbons (Fsp3) is 0.364. The minimum absolute atomic E-state index is 0.0870. The Morgan fingerprint density at radius 3 is 3.00 bits per heavy atom. The van der Waals surface area contributed by atoms with Crippen LogP contribution in [-0.2, 0) is 6.42 Å². The number of rotatable bonds is 0. The molecule has 2 nitrogen and oxygen atoms in total. The molecule has 0 bridgehead atoms.